The molecule has 84 valence electrons. The Labute approximate surface area is 93.6 Å². The van der Waals surface area contributed by atoms with Gasteiger partial charge in [0.2, 0.25) is 5.91 Å². The number of fused-ring (bicyclic) bond motifs is 1. The molecular weight excluding hydrogens is 204 g/mol. The number of benzene rings is 1. The maximum Gasteiger partial charge on any atom is 0.236 e. The molecule has 2 aromatic rings. The van der Waals surface area contributed by atoms with Gasteiger partial charge in [0.05, 0.1) is 13.1 Å². The van der Waals surface area contributed by atoms with Crippen LogP contribution in [0.5, 0.6) is 0 Å². The Bertz CT molecular complexity index is 471. The van der Waals surface area contributed by atoms with Crippen molar-refractivity contribution in [3.05, 3.63) is 36.1 Å². The highest BCUT2D eigenvalue weighted by atomic mass is 16.3. The summed E-state index contributed by atoms with van der Waals surface area (Å²) >= 11 is 0. The van der Waals surface area contributed by atoms with Crippen LogP contribution in [0.4, 0.5) is 0 Å². The number of likely N-dealkylation sites (N-methyl/N-ethyl adjacent to an activating group) is 1. The standard InChI is InChI=1S/C12H14N2O2/c1-14(12(15)7-13)8-10-6-9-4-2-3-5-11(9)16-10/h2-6H,7-8,13H2,1H3. The number of hydrogen-bond acceptors (Lipinski definition) is 3. The minimum absolute atomic E-state index is 0.0245. The van der Waals surface area contributed by atoms with Crippen LogP contribution in [0, 0.1) is 0 Å². The van der Waals surface area contributed by atoms with E-state index in [1.165, 1.54) is 0 Å². The van der Waals surface area contributed by atoms with E-state index in [1.807, 2.05) is 30.3 Å². The van der Waals surface area contributed by atoms with E-state index < -0.39 is 0 Å². The van der Waals surface area contributed by atoms with Gasteiger partial charge in [0.1, 0.15) is 11.3 Å². The van der Waals surface area contributed by atoms with Crippen molar-refractivity contribution in [2.75, 3.05) is 13.6 Å². The zero-order chi connectivity index (χ0) is 11.5. The SMILES string of the molecule is CN(Cc1cc2ccccc2o1)C(=O)CN. The molecule has 1 amide bonds. The summed E-state index contributed by atoms with van der Waals surface area (Å²) in [7, 11) is 1.71. The number of nitrogens with two attached hydrogens (primary N) is 1. The first-order valence-corrected chi connectivity index (χ1v) is 5.12. The summed E-state index contributed by atoms with van der Waals surface area (Å²) in [5.74, 6) is 0.672. The molecule has 0 radical (unpaired) electrons. The first-order valence-electron chi connectivity index (χ1n) is 5.12. The molecule has 2 rings (SSSR count). The monoisotopic (exact) mass is 218 g/mol. The topological polar surface area (TPSA) is 59.5 Å². The van der Waals surface area contributed by atoms with Gasteiger partial charge < -0.3 is 15.1 Å². The van der Waals surface area contributed by atoms with Gasteiger partial charge in [-0.15, -0.1) is 0 Å². The number of rotatable bonds is 3. The van der Waals surface area contributed by atoms with Gasteiger partial charge in [0.25, 0.3) is 0 Å². The largest absolute Gasteiger partial charge is 0.459 e. The van der Waals surface area contributed by atoms with Crippen LogP contribution in [0.1, 0.15) is 5.76 Å². The van der Waals surface area contributed by atoms with E-state index in [1.54, 1.807) is 11.9 Å². The summed E-state index contributed by atoms with van der Waals surface area (Å²) in [5, 5.41) is 1.05. The Morgan fingerprint density at radius 2 is 2.19 bits per heavy atom. The van der Waals surface area contributed by atoms with Gasteiger partial charge in [-0.3, -0.25) is 4.79 Å². The van der Waals surface area contributed by atoms with Crippen LogP contribution in [-0.2, 0) is 11.3 Å². The van der Waals surface area contributed by atoms with E-state index >= 15 is 0 Å². The number of nitrogens with zero attached hydrogens (tertiary/aromatic N) is 1. The van der Waals surface area contributed by atoms with E-state index in [9.17, 15) is 4.79 Å². The summed E-state index contributed by atoms with van der Waals surface area (Å²) in [6, 6.07) is 9.70. The van der Waals surface area contributed by atoms with Crippen molar-refractivity contribution in [3.63, 3.8) is 0 Å². The van der Waals surface area contributed by atoms with Gasteiger partial charge in [0.15, 0.2) is 0 Å². The number of carbonyl (C=O) groups is 1. The molecule has 2 N–H and O–H groups in total. The van der Waals surface area contributed by atoms with Crippen molar-refractivity contribution in [2.24, 2.45) is 5.73 Å². The second-order valence-corrected chi connectivity index (χ2v) is 3.70. The second-order valence-electron chi connectivity index (χ2n) is 3.70. The van der Waals surface area contributed by atoms with Crippen molar-refractivity contribution >= 4 is 16.9 Å². The van der Waals surface area contributed by atoms with E-state index in [0.29, 0.717) is 6.54 Å². The van der Waals surface area contributed by atoms with E-state index in [0.717, 1.165) is 16.7 Å². The van der Waals surface area contributed by atoms with Crippen LogP contribution < -0.4 is 5.73 Å². The van der Waals surface area contributed by atoms with Crippen LogP contribution in [0.15, 0.2) is 34.7 Å². The molecule has 1 aromatic heterocycles. The number of hydrogen-bond donors (Lipinski definition) is 1. The summed E-state index contributed by atoms with van der Waals surface area (Å²) in [5.41, 5.74) is 6.12. The van der Waals surface area contributed by atoms with Gasteiger partial charge in [-0.25, -0.2) is 0 Å². The molecule has 0 unspecified atom stereocenters. The first-order chi connectivity index (χ1) is 7.70. The Balaban J connectivity index is 2.18. The lowest BCUT2D eigenvalue weighted by Crippen LogP contribution is -2.31. The van der Waals surface area contributed by atoms with Gasteiger partial charge in [-0.2, -0.15) is 0 Å². The number of para-hydroxylation sites is 1. The lowest BCUT2D eigenvalue weighted by molar-refractivity contribution is -0.129. The highest BCUT2D eigenvalue weighted by molar-refractivity contribution is 5.79. The summed E-state index contributed by atoms with van der Waals surface area (Å²) in [4.78, 5) is 12.8. The lowest BCUT2D eigenvalue weighted by atomic mass is 10.2. The van der Waals surface area contributed by atoms with Crippen molar-refractivity contribution < 1.29 is 9.21 Å². The molecule has 0 aliphatic heterocycles. The van der Waals surface area contributed by atoms with Crippen LogP contribution in [0.25, 0.3) is 11.0 Å². The molecule has 0 spiro atoms. The summed E-state index contributed by atoms with van der Waals surface area (Å²) in [6.45, 7) is 0.474. The molecule has 0 bridgehead atoms. The molecule has 0 atom stereocenters. The Kier molecular flexibility index (Phi) is 2.92. The summed E-state index contributed by atoms with van der Waals surface area (Å²) < 4.78 is 5.60. The third-order valence-electron chi connectivity index (χ3n) is 2.47. The maximum absolute atomic E-state index is 11.3. The van der Waals surface area contributed by atoms with Crippen molar-refractivity contribution in [2.45, 2.75) is 6.54 Å². The Morgan fingerprint density at radius 1 is 1.44 bits per heavy atom. The molecule has 4 heteroatoms. The van der Waals surface area contributed by atoms with Gasteiger partial charge >= 0.3 is 0 Å². The average Bonchev–Trinajstić information content (AvgIpc) is 2.69. The number of furan rings is 1. The van der Waals surface area contributed by atoms with E-state index in [4.69, 9.17) is 10.2 Å². The molecule has 1 aromatic carbocycles. The average molecular weight is 218 g/mol. The fourth-order valence-corrected chi connectivity index (χ4v) is 1.59. The predicted molar refractivity (Wildman–Crippen MR) is 61.7 cm³/mol. The summed E-state index contributed by atoms with van der Waals surface area (Å²) in [6.07, 6.45) is 0. The van der Waals surface area contributed by atoms with Crippen molar-refractivity contribution in [1.29, 1.82) is 0 Å². The molecule has 16 heavy (non-hydrogen) atoms. The van der Waals surface area contributed by atoms with Gasteiger partial charge in [0, 0.05) is 12.4 Å². The first kappa shape index (κ1) is 10.7. The lowest BCUT2D eigenvalue weighted by Gasteiger charge is -2.13. The third-order valence-corrected chi connectivity index (χ3v) is 2.47. The van der Waals surface area contributed by atoms with Crippen molar-refractivity contribution in [3.8, 4) is 0 Å². The minimum Gasteiger partial charge on any atom is -0.459 e. The van der Waals surface area contributed by atoms with Crippen molar-refractivity contribution in [1.82, 2.24) is 4.90 Å². The number of amides is 1. The quantitative estimate of drug-likeness (QED) is 0.846. The van der Waals surface area contributed by atoms with Gasteiger partial charge in [-0.1, -0.05) is 18.2 Å². The zero-order valence-corrected chi connectivity index (χ0v) is 9.14. The predicted octanol–water partition coefficient (Wildman–Crippen LogP) is 1.35. The fourth-order valence-electron chi connectivity index (χ4n) is 1.59. The maximum atomic E-state index is 11.3. The minimum atomic E-state index is -0.0968. The van der Waals surface area contributed by atoms with E-state index in [-0.39, 0.29) is 12.5 Å². The fraction of sp³-hybridized carbons (Fsp3) is 0.250. The number of carbonyl (C=O) groups excluding carboxylic acids is 1. The molecular formula is C12H14N2O2. The molecule has 0 aliphatic carbocycles. The van der Waals surface area contributed by atoms with Crippen LogP contribution in [-0.4, -0.2) is 24.4 Å². The smallest absolute Gasteiger partial charge is 0.236 e. The molecule has 0 aliphatic rings. The highest BCUT2D eigenvalue weighted by Gasteiger charge is 2.10. The molecule has 0 saturated carbocycles. The molecule has 1 heterocycles. The third kappa shape index (κ3) is 2.06. The van der Waals surface area contributed by atoms with Crippen LogP contribution >= 0.6 is 0 Å². The highest BCUT2D eigenvalue weighted by Crippen LogP contribution is 2.19. The molecule has 0 fully saturated rings. The molecule has 4 nitrogen and oxygen atoms in total. The second kappa shape index (κ2) is 4.37. The zero-order valence-electron chi connectivity index (χ0n) is 9.14. The van der Waals surface area contributed by atoms with Gasteiger partial charge in [-0.05, 0) is 12.1 Å². The Morgan fingerprint density at radius 3 is 2.88 bits per heavy atom. The Hall–Kier alpha value is -1.81. The molecule has 0 saturated heterocycles. The normalized spacial score (nSPS) is 10.6. The van der Waals surface area contributed by atoms with Crippen LogP contribution in [0.2, 0.25) is 0 Å². The van der Waals surface area contributed by atoms with Crippen LogP contribution in [0.3, 0.4) is 0 Å². The van der Waals surface area contributed by atoms with E-state index in [2.05, 4.69) is 0 Å².